The molecule has 94 valence electrons. The summed E-state index contributed by atoms with van der Waals surface area (Å²) in [7, 11) is 0. The monoisotopic (exact) mass is 267 g/mol. The molecular formula is C13H11F2NOS. The highest BCUT2D eigenvalue weighted by Gasteiger charge is 2.07. The molecule has 1 aromatic carbocycles. The fourth-order valence-corrected chi connectivity index (χ4v) is 1.80. The van der Waals surface area contributed by atoms with Crippen molar-refractivity contribution in [2.45, 2.75) is 13.3 Å². The molecule has 0 saturated heterocycles. The van der Waals surface area contributed by atoms with Gasteiger partial charge in [-0.2, -0.15) is 5.26 Å². The summed E-state index contributed by atoms with van der Waals surface area (Å²) in [4.78, 5) is 10.6. The number of hydrogen-bond donors (Lipinski definition) is 0. The topological polar surface area (TPSA) is 40.9 Å². The average molecular weight is 267 g/mol. The van der Waals surface area contributed by atoms with Gasteiger partial charge < -0.3 is 0 Å². The summed E-state index contributed by atoms with van der Waals surface area (Å²) in [6, 6.07) is 3.44. The smallest absolute Gasteiger partial charge is 0.185 e. The summed E-state index contributed by atoms with van der Waals surface area (Å²) >= 11 is 1.18. The van der Waals surface area contributed by atoms with Gasteiger partial charge >= 0.3 is 0 Å². The second kappa shape index (κ2) is 6.92. The van der Waals surface area contributed by atoms with E-state index < -0.39 is 11.6 Å². The number of benzene rings is 1. The van der Waals surface area contributed by atoms with E-state index in [4.69, 9.17) is 5.26 Å². The number of nitriles is 1. The zero-order valence-electron chi connectivity index (χ0n) is 9.74. The van der Waals surface area contributed by atoms with Gasteiger partial charge in [0, 0.05) is 18.2 Å². The average Bonchev–Trinajstić information content (AvgIpc) is 2.32. The van der Waals surface area contributed by atoms with Crippen LogP contribution in [0.15, 0.2) is 18.2 Å². The van der Waals surface area contributed by atoms with Gasteiger partial charge in [0.1, 0.15) is 17.7 Å². The molecule has 1 rings (SSSR count). The minimum absolute atomic E-state index is 0.0269. The second-order valence-corrected chi connectivity index (χ2v) is 4.77. The summed E-state index contributed by atoms with van der Waals surface area (Å²) < 4.78 is 26.7. The zero-order chi connectivity index (χ0) is 13.5. The first-order chi connectivity index (χ1) is 8.54. The van der Waals surface area contributed by atoms with Crippen molar-refractivity contribution in [2.24, 2.45) is 0 Å². The van der Waals surface area contributed by atoms with Crippen molar-refractivity contribution < 1.29 is 13.6 Å². The van der Waals surface area contributed by atoms with Crippen LogP contribution in [0.4, 0.5) is 8.78 Å². The predicted octanol–water partition coefficient (Wildman–Crippen LogP) is 3.52. The van der Waals surface area contributed by atoms with Gasteiger partial charge in [-0.15, -0.1) is 0 Å². The van der Waals surface area contributed by atoms with Crippen LogP contribution >= 0.6 is 11.8 Å². The Labute approximate surface area is 108 Å². The van der Waals surface area contributed by atoms with Gasteiger partial charge in [-0.25, -0.2) is 8.78 Å². The zero-order valence-corrected chi connectivity index (χ0v) is 10.6. The lowest BCUT2D eigenvalue weighted by Crippen LogP contribution is -1.90. The van der Waals surface area contributed by atoms with E-state index in [-0.39, 0.29) is 16.2 Å². The number of carbonyl (C=O) groups excluding carboxylic acids is 1. The standard InChI is InChI=1S/C13H11F2NOS/c1-9(17)18-5-3-2-4-10-6-13(15)11(8-16)7-12(10)14/h2,4,6-7H,3,5H2,1H3. The van der Waals surface area contributed by atoms with Gasteiger partial charge in [0.2, 0.25) is 0 Å². The predicted molar refractivity (Wildman–Crippen MR) is 67.9 cm³/mol. The van der Waals surface area contributed by atoms with Gasteiger partial charge in [-0.3, -0.25) is 4.79 Å². The molecule has 2 nitrogen and oxygen atoms in total. The van der Waals surface area contributed by atoms with Crippen LogP contribution in [0.3, 0.4) is 0 Å². The maximum atomic E-state index is 13.4. The summed E-state index contributed by atoms with van der Waals surface area (Å²) in [6.45, 7) is 1.48. The largest absolute Gasteiger partial charge is 0.288 e. The SMILES string of the molecule is CC(=O)SCCC=Cc1cc(F)c(C#N)cc1F. The Kier molecular flexibility index (Phi) is 5.53. The Morgan fingerprint density at radius 1 is 1.44 bits per heavy atom. The molecule has 0 fully saturated rings. The van der Waals surface area contributed by atoms with Crippen molar-refractivity contribution >= 4 is 23.0 Å². The van der Waals surface area contributed by atoms with Crippen molar-refractivity contribution in [2.75, 3.05) is 5.75 Å². The molecule has 0 heterocycles. The normalized spacial score (nSPS) is 10.6. The minimum atomic E-state index is -0.739. The summed E-state index contributed by atoms with van der Waals surface area (Å²) in [5, 5.41) is 8.55. The molecule has 5 heteroatoms. The number of halogens is 2. The van der Waals surface area contributed by atoms with Gasteiger partial charge in [0.05, 0.1) is 5.56 Å². The minimum Gasteiger partial charge on any atom is -0.288 e. The van der Waals surface area contributed by atoms with E-state index in [1.165, 1.54) is 24.8 Å². The van der Waals surface area contributed by atoms with Gasteiger partial charge in [0.15, 0.2) is 5.12 Å². The van der Waals surface area contributed by atoms with Gasteiger partial charge in [0.25, 0.3) is 0 Å². The van der Waals surface area contributed by atoms with Gasteiger partial charge in [-0.1, -0.05) is 23.9 Å². The van der Waals surface area contributed by atoms with Crippen LogP contribution in [0.2, 0.25) is 0 Å². The third-order valence-corrected chi connectivity index (χ3v) is 2.94. The maximum Gasteiger partial charge on any atom is 0.185 e. The molecule has 0 atom stereocenters. The van der Waals surface area contributed by atoms with Gasteiger partial charge in [-0.05, 0) is 18.6 Å². The summed E-state index contributed by atoms with van der Waals surface area (Å²) in [6.07, 6.45) is 3.70. The third-order valence-electron chi connectivity index (χ3n) is 2.09. The van der Waals surface area contributed by atoms with E-state index in [9.17, 15) is 13.6 Å². The molecule has 0 aliphatic carbocycles. The molecule has 0 N–H and O–H groups in total. The van der Waals surface area contributed by atoms with Crippen LogP contribution in [0.25, 0.3) is 6.08 Å². The Morgan fingerprint density at radius 2 is 2.17 bits per heavy atom. The van der Waals surface area contributed by atoms with Crippen LogP contribution < -0.4 is 0 Å². The molecule has 0 aliphatic heterocycles. The van der Waals surface area contributed by atoms with Crippen molar-refractivity contribution in [3.63, 3.8) is 0 Å². The Morgan fingerprint density at radius 3 is 2.78 bits per heavy atom. The van der Waals surface area contributed by atoms with Crippen molar-refractivity contribution in [3.05, 3.63) is 41.0 Å². The molecule has 0 saturated carbocycles. The van der Waals surface area contributed by atoms with E-state index in [2.05, 4.69) is 0 Å². The molecule has 0 unspecified atom stereocenters. The number of nitrogens with zero attached hydrogens (tertiary/aromatic N) is 1. The van der Waals surface area contributed by atoms with Crippen LogP contribution in [0.1, 0.15) is 24.5 Å². The molecule has 0 bridgehead atoms. The van der Waals surface area contributed by atoms with Crippen molar-refractivity contribution in [1.82, 2.24) is 0 Å². The maximum absolute atomic E-state index is 13.4. The number of allylic oxidation sites excluding steroid dienone is 1. The molecule has 0 aliphatic rings. The molecule has 1 aromatic rings. The van der Waals surface area contributed by atoms with Crippen LogP contribution in [0.5, 0.6) is 0 Å². The molecule has 0 spiro atoms. The van der Waals surface area contributed by atoms with Crippen LogP contribution in [-0.2, 0) is 4.79 Å². The van der Waals surface area contributed by atoms with Crippen LogP contribution in [-0.4, -0.2) is 10.9 Å². The van der Waals surface area contributed by atoms with Crippen LogP contribution in [0, 0.1) is 23.0 Å². The Bertz CT molecular complexity index is 520. The lowest BCUT2D eigenvalue weighted by molar-refractivity contribution is -0.109. The number of carbonyl (C=O) groups is 1. The number of thioether (sulfide) groups is 1. The summed E-state index contributed by atoms with van der Waals surface area (Å²) in [5.74, 6) is -0.772. The Hall–Kier alpha value is -1.67. The highest BCUT2D eigenvalue weighted by Crippen LogP contribution is 2.16. The first-order valence-corrected chi connectivity index (χ1v) is 6.22. The highest BCUT2D eigenvalue weighted by molar-refractivity contribution is 8.13. The number of rotatable bonds is 4. The van der Waals surface area contributed by atoms with E-state index in [1.54, 1.807) is 12.1 Å². The fraction of sp³-hybridized carbons (Fsp3) is 0.231. The molecule has 18 heavy (non-hydrogen) atoms. The second-order valence-electron chi connectivity index (χ2n) is 3.50. The molecular weight excluding hydrogens is 256 g/mol. The van der Waals surface area contributed by atoms with E-state index in [0.717, 1.165) is 12.1 Å². The third kappa shape index (κ3) is 4.30. The van der Waals surface area contributed by atoms with E-state index in [1.807, 2.05) is 0 Å². The lowest BCUT2D eigenvalue weighted by atomic mass is 10.1. The van der Waals surface area contributed by atoms with Crippen molar-refractivity contribution in [1.29, 1.82) is 5.26 Å². The van der Waals surface area contributed by atoms with Crippen molar-refractivity contribution in [3.8, 4) is 6.07 Å². The Balaban J connectivity index is 2.68. The first-order valence-electron chi connectivity index (χ1n) is 5.23. The van der Waals surface area contributed by atoms with E-state index in [0.29, 0.717) is 12.2 Å². The first kappa shape index (κ1) is 14.4. The molecule has 0 radical (unpaired) electrons. The summed E-state index contributed by atoms with van der Waals surface area (Å²) in [5.41, 5.74) is -0.212. The van der Waals surface area contributed by atoms with E-state index >= 15 is 0 Å². The lowest BCUT2D eigenvalue weighted by Gasteiger charge is -1.99. The highest BCUT2D eigenvalue weighted by atomic mass is 32.2. The number of hydrogen-bond acceptors (Lipinski definition) is 3. The molecule has 0 aromatic heterocycles. The fourth-order valence-electron chi connectivity index (χ4n) is 1.26. The quantitative estimate of drug-likeness (QED) is 0.784. The molecule has 0 amide bonds.